The number of carbonyl (C=O) groups is 1. The molecule has 4 nitrogen and oxygen atoms in total. The van der Waals surface area contributed by atoms with Crippen molar-refractivity contribution in [3.8, 4) is 0 Å². The van der Waals surface area contributed by atoms with Crippen molar-refractivity contribution in [3.05, 3.63) is 18.0 Å². The van der Waals surface area contributed by atoms with Crippen molar-refractivity contribution >= 4 is 11.6 Å². The van der Waals surface area contributed by atoms with Gasteiger partial charge in [-0.2, -0.15) is 0 Å². The van der Waals surface area contributed by atoms with E-state index in [9.17, 15) is 4.79 Å². The second-order valence-electron chi connectivity index (χ2n) is 5.73. The zero-order valence-corrected chi connectivity index (χ0v) is 12.0. The van der Waals surface area contributed by atoms with E-state index in [1.165, 1.54) is 19.3 Å². The first-order valence-corrected chi connectivity index (χ1v) is 7.36. The van der Waals surface area contributed by atoms with Crippen LogP contribution < -0.4 is 11.1 Å². The Hall–Kier alpha value is -1.45. The van der Waals surface area contributed by atoms with Gasteiger partial charge in [-0.25, -0.2) is 0 Å². The van der Waals surface area contributed by atoms with Crippen LogP contribution in [-0.2, 0) is 6.54 Å². The summed E-state index contributed by atoms with van der Waals surface area (Å²) in [4.78, 5) is 12.3. The van der Waals surface area contributed by atoms with Crippen molar-refractivity contribution in [1.29, 1.82) is 0 Å². The molecule has 19 heavy (non-hydrogen) atoms. The molecular weight excluding hydrogens is 238 g/mol. The molecule has 1 heterocycles. The molecule has 2 unspecified atom stereocenters. The molecule has 1 aromatic heterocycles. The number of anilines is 1. The van der Waals surface area contributed by atoms with Gasteiger partial charge in [-0.05, 0) is 38.2 Å². The van der Waals surface area contributed by atoms with E-state index in [4.69, 9.17) is 5.73 Å². The third-order valence-electron chi connectivity index (χ3n) is 4.08. The number of nitrogens with zero attached hydrogens (tertiary/aromatic N) is 1. The Morgan fingerprint density at radius 3 is 2.95 bits per heavy atom. The van der Waals surface area contributed by atoms with Crippen molar-refractivity contribution in [2.24, 2.45) is 5.92 Å². The van der Waals surface area contributed by atoms with Crippen LogP contribution in [0.25, 0.3) is 0 Å². The topological polar surface area (TPSA) is 60.0 Å². The summed E-state index contributed by atoms with van der Waals surface area (Å²) < 4.78 is 1.91. The number of carbonyl (C=O) groups excluding carboxylic acids is 1. The Morgan fingerprint density at radius 1 is 1.42 bits per heavy atom. The molecule has 106 valence electrons. The lowest BCUT2D eigenvalue weighted by molar-refractivity contribution is 0.0924. The summed E-state index contributed by atoms with van der Waals surface area (Å²) in [6, 6.07) is 2.08. The SMILES string of the molecule is CCn1cc(N)cc1C(=O)NC1CCCC(C)CC1. The van der Waals surface area contributed by atoms with Crippen molar-refractivity contribution in [3.63, 3.8) is 0 Å². The Morgan fingerprint density at radius 2 is 2.21 bits per heavy atom. The third kappa shape index (κ3) is 3.52. The fraction of sp³-hybridized carbons (Fsp3) is 0.667. The molecule has 2 rings (SSSR count). The number of hydrogen-bond donors (Lipinski definition) is 2. The lowest BCUT2D eigenvalue weighted by Crippen LogP contribution is -2.35. The van der Waals surface area contributed by atoms with E-state index in [1.54, 1.807) is 6.07 Å². The molecule has 0 aliphatic heterocycles. The first kappa shape index (κ1) is 14.0. The predicted molar refractivity (Wildman–Crippen MR) is 78.0 cm³/mol. The Bertz CT molecular complexity index is 439. The van der Waals surface area contributed by atoms with Gasteiger partial charge in [0.1, 0.15) is 5.69 Å². The van der Waals surface area contributed by atoms with Gasteiger partial charge in [0.25, 0.3) is 5.91 Å². The first-order valence-electron chi connectivity index (χ1n) is 7.36. The molecule has 4 heteroatoms. The minimum Gasteiger partial charge on any atom is -0.397 e. The van der Waals surface area contributed by atoms with E-state index in [2.05, 4.69) is 12.2 Å². The maximum atomic E-state index is 12.3. The van der Waals surface area contributed by atoms with E-state index in [-0.39, 0.29) is 5.91 Å². The normalized spacial score (nSPS) is 23.9. The van der Waals surface area contributed by atoms with Gasteiger partial charge in [-0.15, -0.1) is 0 Å². The summed E-state index contributed by atoms with van der Waals surface area (Å²) in [6.07, 6.45) is 7.72. The number of aryl methyl sites for hydroxylation is 1. The number of hydrogen-bond acceptors (Lipinski definition) is 2. The zero-order valence-electron chi connectivity index (χ0n) is 12.0. The monoisotopic (exact) mass is 263 g/mol. The third-order valence-corrected chi connectivity index (χ3v) is 4.08. The largest absolute Gasteiger partial charge is 0.397 e. The number of amides is 1. The average Bonchev–Trinajstić information content (AvgIpc) is 2.65. The highest BCUT2D eigenvalue weighted by Crippen LogP contribution is 2.23. The first-order chi connectivity index (χ1) is 9.10. The molecule has 1 aliphatic rings. The van der Waals surface area contributed by atoms with Crippen molar-refractivity contribution < 1.29 is 4.79 Å². The fourth-order valence-electron chi connectivity index (χ4n) is 2.88. The summed E-state index contributed by atoms with van der Waals surface area (Å²) in [5, 5.41) is 3.17. The zero-order chi connectivity index (χ0) is 13.8. The molecule has 0 radical (unpaired) electrons. The minimum absolute atomic E-state index is 0.0121. The van der Waals surface area contributed by atoms with E-state index >= 15 is 0 Å². The predicted octanol–water partition coefficient (Wildman–Crippen LogP) is 2.79. The minimum atomic E-state index is 0.0121. The molecule has 0 aromatic carbocycles. The van der Waals surface area contributed by atoms with Crippen LogP contribution in [0.4, 0.5) is 5.69 Å². The lowest BCUT2D eigenvalue weighted by Gasteiger charge is -2.17. The van der Waals surface area contributed by atoms with E-state index in [1.807, 2.05) is 17.7 Å². The molecule has 0 spiro atoms. The summed E-state index contributed by atoms with van der Waals surface area (Å²) in [5.41, 5.74) is 7.10. The quantitative estimate of drug-likeness (QED) is 0.824. The van der Waals surface area contributed by atoms with Crippen molar-refractivity contribution in [2.75, 3.05) is 5.73 Å². The van der Waals surface area contributed by atoms with Gasteiger partial charge in [-0.1, -0.05) is 19.8 Å². The van der Waals surface area contributed by atoms with Crippen LogP contribution in [0.1, 0.15) is 56.4 Å². The Labute approximate surface area is 115 Å². The highest BCUT2D eigenvalue weighted by atomic mass is 16.2. The molecule has 3 N–H and O–H groups in total. The van der Waals surface area contributed by atoms with Gasteiger partial charge >= 0.3 is 0 Å². The second-order valence-corrected chi connectivity index (χ2v) is 5.73. The summed E-state index contributed by atoms with van der Waals surface area (Å²) in [5.74, 6) is 0.801. The summed E-state index contributed by atoms with van der Waals surface area (Å²) in [6.45, 7) is 5.08. The molecule has 1 amide bonds. The van der Waals surface area contributed by atoms with Crippen LogP contribution in [0, 0.1) is 5.92 Å². The summed E-state index contributed by atoms with van der Waals surface area (Å²) in [7, 11) is 0. The van der Waals surface area contributed by atoms with E-state index in [0.717, 1.165) is 25.3 Å². The molecule has 1 fully saturated rings. The van der Waals surface area contributed by atoms with E-state index < -0.39 is 0 Å². The van der Waals surface area contributed by atoms with Gasteiger partial charge in [0.05, 0.1) is 5.69 Å². The van der Waals surface area contributed by atoms with Crippen LogP contribution in [0.2, 0.25) is 0 Å². The van der Waals surface area contributed by atoms with Crippen LogP contribution >= 0.6 is 0 Å². The van der Waals surface area contributed by atoms with Crippen LogP contribution in [0.3, 0.4) is 0 Å². The molecule has 0 saturated heterocycles. The number of nitrogens with one attached hydrogen (secondary N) is 1. The van der Waals surface area contributed by atoms with Crippen LogP contribution in [0.5, 0.6) is 0 Å². The lowest BCUT2D eigenvalue weighted by atomic mass is 10.0. The highest BCUT2D eigenvalue weighted by molar-refractivity contribution is 5.94. The van der Waals surface area contributed by atoms with Gasteiger partial charge in [0, 0.05) is 18.8 Å². The highest BCUT2D eigenvalue weighted by Gasteiger charge is 2.20. The number of rotatable bonds is 3. The number of aromatic nitrogens is 1. The van der Waals surface area contributed by atoms with Gasteiger partial charge in [0.2, 0.25) is 0 Å². The maximum Gasteiger partial charge on any atom is 0.268 e. The molecule has 1 aliphatic carbocycles. The van der Waals surface area contributed by atoms with Gasteiger partial charge < -0.3 is 15.6 Å². The summed E-state index contributed by atoms with van der Waals surface area (Å²) >= 11 is 0. The Balaban J connectivity index is 2.00. The molecule has 2 atom stereocenters. The van der Waals surface area contributed by atoms with E-state index in [0.29, 0.717) is 17.4 Å². The number of nitrogens with two attached hydrogens (primary N) is 1. The van der Waals surface area contributed by atoms with Gasteiger partial charge in [-0.3, -0.25) is 4.79 Å². The van der Waals surface area contributed by atoms with Crippen LogP contribution in [-0.4, -0.2) is 16.5 Å². The Kier molecular flexibility index (Phi) is 4.51. The second kappa shape index (κ2) is 6.13. The molecule has 0 bridgehead atoms. The molecular formula is C15H25N3O. The molecule has 1 saturated carbocycles. The fourth-order valence-corrected chi connectivity index (χ4v) is 2.88. The number of nitrogen functional groups attached to an aromatic ring is 1. The maximum absolute atomic E-state index is 12.3. The smallest absolute Gasteiger partial charge is 0.268 e. The van der Waals surface area contributed by atoms with Gasteiger partial charge in [0.15, 0.2) is 0 Å². The standard InChI is InChI=1S/C15H25N3O/c1-3-18-10-12(16)9-14(18)15(19)17-13-6-4-5-11(2)7-8-13/h9-11,13H,3-8,16H2,1-2H3,(H,17,19). The van der Waals surface area contributed by atoms with Crippen molar-refractivity contribution in [2.45, 2.75) is 58.5 Å². The molecule has 1 aromatic rings. The van der Waals surface area contributed by atoms with Crippen LogP contribution in [0.15, 0.2) is 12.3 Å². The average molecular weight is 263 g/mol. The van der Waals surface area contributed by atoms with Crippen molar-refractivity contribution in [1.82, 2.24) is 9.88 Å².